The number of rotatable bonds is 5. The van der Waals surface area contributed by atoms with Crippen molar-refractivity contribution in [3.05, 3.63) is 52.9 Å². The molecule has 0 bridgehead atoms. The van der Waals surface area contributed by atoms with Crippen LogP contribution in [0.3, 0.4) is 0 Å². The molecule has 1 aromatic heterocycles. The van der Waals surface area contributed by atoms with E-state index in [2.05, 4.69) is 10.00 Å². The molecule has 0 fully saturated rings. The van der Waals surface area contributed by atoms with Gasteiger partial charge in [0, 0.05) is 25.4 Å². The highest BCUT2D eigenvalue weighted by Crippen LogP contribution is 2.31. The smallest absolute Gasteiger partial charge is 0.266 e. The third-order valence-corrected chi connectivity index (χ3v) is 3.65. The number of hydrogen-bond acceptors (Lipinski definition) is 5. The summed E-state index contributed by atoms with van der Waals surface area (Å²) in [6.45, 7) is 1.88. The number of nitrogens with zero attached hydrogens (tertiary/aromatic N) is 3. The Morgan fingerprint density at radius 2 is 2.09 bits per heavy atom. The predicted octanol–water partition coefficient (Wildman–Crippen LogP) is 1.36. The van der Waals surface area contributed by atoms with Crippen molar-refractivity contribution >= 4 is 0 Å². The Bertz CT molecular complexity index is 686. The summed E-state index contributed by atoms with van der Waals surface area (Å²) in [5.41, 5.74) is -0.0728. The molecule has 6 heteroatoms. The van der Waals surface area contributed by atoms with E-state index in [1.165, 1.54) is 10.7 Å². The number of fused-ring (bicyclic) bond motifs is 1. The largest absolute Gasteiger partial charge is 0.484 e. The zero-order valence-corrected chi connectivity index (χ0v) is 12.5. The van der Waals surface area contributed by atoms with Gasteiger partial charge in [-0.15, -0.1) is 0 Å². The molecule has 0 aliphatic carbocycles. The van der Waals surface area contributed by atoms with Crippen LogP contribution in [0.2, 0.25) is 0 Å². The zero-order chi connectivity index (χ0) is 15.4. The summed E-state index contributed by atoms with van der Waals surface area (Å²) in [5, 5.41) is 4.05. The molecule has 22 heavy (non-hydrogen) atoms. The Balaban J connectivity index is 1.52. The Morgan fingerprint density at radius 3 is 2.91 bits per heavy atom. The predicted molar refractivity (Wildman–Crippen MR) is 82.1 cm³/mol. The second-order valence-electron chi connectivity index (χ2n) is 5.25. The van der Waals surface area contributed by atoms with Crippen molar-refractivity contribution in [3.8, 4) is 11.5 Å². The first-order valence-electron chi connectivity index (χ1n) is 7.35. The molecule has 1 aliphatic rings. The maximum Gasteiger partial charge on any atom is 0.266 e. The lowest BCUT2D eigenvalue weighted by Gasteiger charge is -2.32. The lowest BCUT2D eigenvalue weighted by atomic mass is 10.3. The Labute approximate surface area is 128 Å². The standard InChI is InChI=1S/C16H19N3O3/c1-18(10-5-11-19-15(20)8-4-9-17-19)16-12-21-13-6-2-3-7-14(13)22-16/h2-4,6-9,16H,5,10-12H2,1H3. The van der Waals surface area contributed by atoms with Crippen molar-refractivity contribution in [2.45, 2.75) is 19.2 Å². The highest BCUT2D eigenvalue weighted by molar-refractivity contribution is 5.40. The molecule has 1 aromatic carbocycles. The summed E-state index contributed by atoms with van der Waals surface area (Å²) < 4.78 is 13.1. The van der Waals surface area contributed by atoms with Crippen LogP contribution < -0.4 is 15.0 Å². The van der Waals surface area contributed by atoms with Crippen LogP contribution in [0, 0.1) is 0 Å². The monoisotopic (exact) mass is 301 g/mol. The minimum Gasteiger partial charge on any atom is -0.484 e. The summed E-state index contributed by atoms with van der Waals surface area (Å²) in [6, 6.07) is 10.8. The summed E-state index contributed by atoms with van der Waals surface area (Å²) in [7, 11) is 1.99. The number of aromatic nitrogens is 2. The molecule has 1 unspecified atom stereocenters. The molecule has 1 atom stereocenters. The number of ether oxygens (including phenoxy) is 2. The van der Waals surface area contributed by atoms with E-state index in [0.29, 0.717) is 13.2 Å². The molecule has 0 radical (unpaired) electrons. The number of para-hydroxylation sites is 2. The number of likely N-dealkylation sites (N-methyl/N-ethyl adjacent to an activating group) is 1. The molecule has 0 amide bonds. The summed E-state index contributed by atoms with van der Waals surface area (Å²) in [6.07, 6.45) is 2.32. The van der Waals surface area contributed by atoms with Crippen molar-refractivity contribution in [2.24, 2.45) is 0 Å². The van der Waals surface area contributed by atoms with Gasteiger partial charge in [0.1, 0.15) is 6.61 Å². The molecule has 3 rings (SSSR count). The molecule has 0 spiro atoms. The maximum atomic E-state index is 11.6. The topological polar surface area (TPSA) is 56.6 Å². The van der Waals surface area contributed by atoms with Gasteiger partial charge >= 0.3 is 0 Å². The first-order valence-corrected chi connectivity index (χ1v) is 7.35. The molecule has 2 heterocycles. The van der Waals surface area contributed by atoms with Gasteiger partial charge in [-0.3, -0.25) is 9.69 Å². The number of hydrogen-bond donors (Lipinski definition) is 0. The molecule has 0 saturated heterocycles. The third kappa shape index (κ3) is 3.28. The van der Waals surface area contributed by atoms with Gasteiger partial charge in [0.15, 0.2) is 17.7 Å². The van der Waals surface area contributed by atoms with E-state index in [1.54, 1.807) is 12.3 Å². The van der Waals surface area contributed by atoms with Crippen LogP contribution in [0.5, 0.6) is 11.5 Å². The normalized spacial score (nSPS) is 16.7. The van der Waals surface area contributed by atoms with Gasteiger partial charge in [0.05, 0.1) is 0 Å². The number of aryl methyl sites for hydroxylation is 1. The quantitative estimate of drug-likeness (QED) is 0.834. The molecule has 0 N–H and O–H groups in total. The SMILES string of the molecule is CN(CCCn1ncccc1=O)C1COc2ccccc2O1. The van der Waals surface area contributed by atoms with E-state index in [0.717, 1.165) is 24.5 Å². The summed E-state index contributed by atoms with van der Waals surface area (Å²) in [5.74, 6) is 1.55. The molecule has 6 nitrogen and oxygen atoms in total. The highest BCUT2D eigenvalue weighted by Gasteiger charge is 2.23. The van der Waals surface area contributed by atoms with Crippen LogP contribution in [0.4, 0.5) is 0 Å². The molecule has 2 aromatic rings. The molecular weight excluding hydrogens is 282 g/mol. The first-order chi connectivity index (χ1) is 10.7. The van der Waals surface area contributed by atoms with Crippen LogP contribution in [0.25, 0.3) is 0 Å². The van der Waals surface area contributed by atoms with E-state index < -0.39 is 0 Å². The van der Waals surface area contributed by atoms with Crippen molar-refractivity contribution in [3.63, 3.8) is 0 Å². The Kier molecular flexibility index (Phi) is 4.39. The van der Waals surface area contributed by atoms with E-state index in [4.69, 9.17) is 9.47 Å². The van der Waals surface area contributed by atoms with Gasteiger partial charge in [-0.2, -0.15) is 5.10 Å². The van der Waals surface area contributed by atoms with Gasteiger partial charge in [-0.25, -0.2) is 4.68 Å². The average molecular weight is 301 g/mol. The van der Waals surface area contributed by atoms with E-state index in [1.807, 2.05) is 31.3 Å². The maximum absolute atomic E-state index is 11.6. The fraction of sp³-hybridized carbons (Fsp3) is 0.375. The lowest BCUT2D eigenvalue weighted by molar-refractivity contribution is -0.0161. The van der Waals surface area contributed by atoms with Crippen LogP contribution in [-0.2, 0) is 6.54 Å². The zero-order valence-electron chi connectivity index (χ0n) is 12.5. The molecule has 1 aliphatic heterocycles. The minimum atomic E-state index is -0.115. The van der Waals surface area contributed by atoms with Gasteiger partial charge in [-0.05, 0) is 31.7 Å². The van der Waals surface area contributed by atoms with Crippen LogP contribution in [-0.4, -0.2) is 41.1 Å². The van der Waals surface area contributed by atoms with E-state index in [-0.39, 0.29) is 11.8 Å². The minimum absolute atomic E-state index is 0.0728. The van der Waals surface area contributed by atoms with Crippen LogP contribution in [0.15, 0.2) is 47.4 Å². The fourth-order valence-electron chi connectivity index (χ4n) is 2.39. The number of benzene rings is 1. The van der Waals surface area contributed by atoms with Gasteiger partial charge < -0.3 is 9.47 Å². The van der Waals surface area contributed by atoms with Gasteiger partial charge in [-0.1, -0.05) is 12.1 Å². The second kappa shape index (κ2) is 6.62. The summed E-state index contributed by atoms with van der Waals surface area (Å²) in [4.78, 5) is 13.7. The van der Waals surface area contributed by atoms with Crippen molar-refractivity contribution in [1.82, 2.24) is 14.7 Å². The van der Waals surface area contributed by atoms with Crippen LogP contribution >= 0.6 is 0 Å². The van der Waals surface area contributed by atoms with E-state index >= 15 is 0 Å². The van der Waals surface area contributed by atoms with Crippen molar-refractivity contribution in [2.75, 3.05) is 20.2 Å². The second-order valence-corrected chi connectivity index (χ2v) is 5.25. The Hall–Kier alpha value is -2.34. The van der Waals surface area contributed by atoms with E-state index in [9.17, 15) is 4.79 Å². The summed E-state index contributed by atoms with van der Waals surface area (Å²) >= 11 is 0. The van der Waals surface area contributed by atoms with Crippen molar-refractivity contribution < 1.29 is 9.47 Å². The third-order valence-electron chi connectivity index (χ3n) is 3.65. The fourth-order valence-corrected chi connectivity index (χ4v) is 2.39. The van der Waals surface area contributed by atoms with Gasteiger partial charge in [0.25, 0.3) is 5.56 Å². The molecule has 116 valence electrons. The molecule has 0 saturated carbocycles. The van der Waals surface area contributed by atoms with Crippen LogP contribution in [0.1, 0.15) is 6.42 Å². The Morgan fingerprint density at radius 1 is 1.27 bits per heavy atom. The first kappa shape index (κ1) is 14.6. The lowest BCUT2D eigenvalue weighted by Crippen LogP contribution is -2.44. The highest BCUT2D eigenvalue weighted by atomic mass is 16.6. The van der Waals surface area contributed by atoms with Crippen molar-refractivity contribution in [1.29, 1.82) is 0 Å². The molecular formula is C16H19N3O3. The average Bonchev–Trinajstić information content (AvgIpc) is 2.56. The van der Waals surface area contributed by atoms with Gasteiger partial charge in [0.2, 0.25) is 0 Å².